The molecule has 0 spiro atoms. The van der Waals surface area contributed by atoms with Gasteiger partial charge in [-0.15, -0.1) is 0 Å². The molecule has 2 aromatic rings. The highest BCUT2D eigenvalue weighted by Gasteiger charge is 2.43. The molecule has 250 valence electrons. The number of halogens is 6. The molecule has 3 atom stereocenters. The van der Waals surface area contributed by atoms with Crippen LogP contribution < -0.4 is 15.4 Å². The number of carbonyl (C=O) groups excluding carboxylic acids is 3. The highest BCUT2D eigenvalue weighted by atomic mass is 19.4. The Labute approximate surface area is 261 Å². The number of rotatable bonds is 10. The van der Waals surface area contributed by atoms with Gasteiger partial charge in [-0.2, -0.15) is 26.3 Å². The lowest BCUT2D eigenvalue weighted by Crippen LogP contribution is -2.48. The van der Waals surface area contributed by atoms with Gasteiger partial charge in [-0.1, -0.05) is 37.1 Å². The van der Waals surface area contributed by atoms with E-state index in [4.69, 9.17) is 9.47 Å². The number of alkyl halides is 6. The van der Waals surface area contributed by atoms with E-state index in [2.05, 4.69) is 15.6 Å². The van der Waals surface area contributed by atoms with Gasteiger partial charge >= 0.3 is 18.3 Å². The van der Waals surface area contributed by atoms with Gasteiger partial charge in [-0.05, 0) is 57.7 Å². The lowest BCUT2D eigenvalue weighted by Gasteiger charge is -2.29. The highest BCUT2D eigenvalue weighted by molar-refractivity contribution is 6.20. The molecule has 14 heteroatoms. The predicted octanol–water partition coefficient (Wildman–Crippen LogP) is 6.66. The lowest BCUT2D eigenvalue weighted by atomic mass is 9.83. The zero-order valence-corrected chi connectivity index (χ0v) is 25.6. The Morgan fingerprint density at radius 1 is 1.02 bits per heavy atom. The summed E-state index contributed by atoms with van der Waals surface area (Å²) in [5.74, 6) is -5.43. The molecule has 0 radical (unpaired) electrons. The van der Waals surface area contributed by atoms with Crippen LogP contribution in [0.15, 0.2) is 47.5 Å². The number of esters is 1. The van der Waals surface area contributed by atoms with E-state index in [9.17, 15) is 40.7 Å². The van der Waals surface area contributed by atoms with Gasteiger partial charge in [0.05, 0.1) is 35.9 Å². The molecule has 0 bridgehead atoms. The minimum Gasteiger partial charge on any atom is -0.495 e. The monoisotopic (exact) mass is 655 g/mol. The van der Waals surface area contributed by atoms with E-state index in [0.717, 1.165) is 31.0 Å². The van der Waals surface area contributed by atoms with Crippen molar-refractivity contribution in [3.8, 4) is 5.75 Å². The number of benzodiazepines with no additional fused rings is 1. The van der Waals surface area contributed by atoms with Crippen molar-refractivity contribution in [3.63, 3.8) is 0 Å². The first-order valence-electron chi connectivity index (χ1n) is 14.7. The Bertz CT molecular complexity index is 1490. The van der Waals surface area contributed by atoms with Crippen LogP contribution in [0.2, 0.25) is 0 Å². The highest BCUT2D eigenvalue weighted by Crippen LogP contribution is 2.41. The number of fused-ring (bicyclic) bond motifs is 1. The normalized spacial score (nSPS) is 18.3. The molecular formula is C32H35F6N3O5. The summed E-state index contributed by atoms with van der Waals surface area (Å²) < 4.78 is 92.0. The summed E-state index contributed by atoms with van der Waals surface area (Å²) in [4.78, 5) is 44.9. The summed E-state index contributed by atoms with van der Waals surface area (Å²) in [5.41, 5.74) is -1.89. The molecule has 1 aliphatic carbocycles. The first kappa shape index (κ1) is 34.8. The standard InChI is InChI=1S/C32H35F6N3O5/c1-30(2,3)46-29(44)22(15-17-11-12-17)20(13-14-31(33,34)35)27(42)41-26-28(43)40-25-21(9-6-10-23(25)45-4)24(39-26)18-7-5-8-19(16-18)32(36,37)38/h5-10,16-17,20,22,26H,11-15H2,1-4H3,(H,40,43)(H,41,42)/t20-,22+,26+/m1/s1. The number of hydrogen-bond acceptors (Lipinski definition) is 6. The molecule has 1 aliphatic heterocycles. The van der Waals surface area contributed by atoms with Crippen molar-refractivity contribution < 1.29 is 50.2 Å². The number of benzene rings is 2. The van der Waals surface area contributed by atoms with E-state index in [1.807, 2.05) is 0 Å². The van der Waals surface area contributed by atoms with E-state index >= 15 is 0 Å². The number of amides is 2. The maximum atomic E-state index is 13.8. The smallest absolute Gasteiger partial charge is 0.416 e. The van der Waals surface area contributed by atoms with Crippen LogP contribution in [0.5, 0.6) is 5.75 Å². The molecule has 46 heavy (non-hydrogen) atoms. The molecule has 4 rings (SSSR count). The van der Waals surface area contributed by atoms with Gasteiger partial charge in [-0.3, -0.25) is 14.4 Å². The number of ether oxygens (including phenoxy) is 2. The summed E-state index contributed by atoms with van der Waals surface area (Å²) in [6.07, 6.45) is -11.7. The van der Waals surface area contributed by atoms with Gasteiger partial charge < -0.3 is 20.1 Å². The maximum absolute atomic E-state index is 13.8. The average molecular weight is 656 g/mol. The Hall–Kier alpha value is -4.10. The molecular weight excluding hydrogens is 620 g/mol. The summed E-state index contributed by atoms with van der Waals surface area (Å²) in [7, 11) is 1.31. The summed E-state index contributed by atoms with van der Waals surface area (Å²) >= 11 is 0. The van der Waals surface area contributed by atoms with Crippen molar-refractivity contribution >= 4 is 29.2 Å². The van der Waals surface area contributed by atoms with Crippen LogP contribution in [0.3, 0.4) is 0 Å². The molecule has 0 unspecified atom stereocenters. The fourth-order valence-electron chi connectivity index (χ4n) is 5.24. The van der Waals surface area contributed by atoms with Gasteiger partial charge in [0.15, 0.2) is 0 Å². The zero-order valence-electron chi connectivity index (χ0n) is 25.6. The SMILES string of the molecule is COc1cccc2c1NC(=O)[C@H](NC(=O)[C@H](CCC(F)(F)F)[C@H](CC1CC1)C(=O)OC(C)(C)C)N=C2c1cccc(C(F)(F)F)c1. The summed E-state index contributed by atoms with van der Waals surface area (Å²) in [6.45, 7) is 4.78. The molecule has 8 nitrogen and oxygen atoms in total. The van der Waals surface area contributed by atoms with Crippen molar-refractivity contribution in [2.45, 2.75) is 77.0 Å². The van der Waals surface area contributed by atoms with Crippen LogP contribution in [0.4, 0.5) is 32.0 Å². The molecule has 0 aromatic heterocycles. The van der Waals surface area contributed by atoms with E-state index in [-0.39, 0.29) is 40.6 Å². The zero-order chi connectivity index (χ0) is 34.0. The van der Waals surface area contributed by atoms with Crippen LogP contribution >= 0.6 is 0 Å². The Morgan fingerprint density at radius 2 is 1.70 bits per heavy atom. The minimum atomic E-state index is -4.70. The van der Waals surface area contributed by atoms with Crippen molar-refractivity contribution in [1.82, 2.24) is 5.32 Å². The number of methoxy groups -OCH3 is 1. The van der Waals surface area contributed by atoms with Crippen LogP contribution in [-0.2, 0) is 25.3 Å². The van der Waals surface area contributed by atoms with Crippen LogP contribution in [-0.4, -0.2) is 48.5 Å². The predicted molar refractivity (Wildman–Crippen MR) is 156 cm³/mol. The second-order valence-corrected chi connectivity index (χ2v) is 12.4. The van der Waals surface area contributed by atoms with Gasteiger partial charge in [0.1, 0.15) is 11.4 Å². The third kappa shape index (κ3) is 9.00. The molecule has 1 fully saturated rings. The van der Waals surface area contributed by atoms with Crippen molar-refractivity contribution in [2.24, 2.45) is 22.7 Å². The Balaban J connectivity index is 1.76. The van der Waals surface area contributed by atoms with E-state index < -0.39 is 72.1 Å². The number of para-hydroxylation sites is 1. The third-order valence-electron chi connectivity index (χ3n) is 7.55. The van der Waals surface area contributed by atoms with Gasteiger partial charge in [0, 0.05) is 17.5 Å². The van der Waals surface area contributed by atoms with Crippen LogP contribution in [0.1, 0.15) is 69.6 Å². The average Bonchev–Trinajstić information content (AvgIpc) is 3.78. The molecule has 2 N–H and O–H groups in total. The largest absolute Gasteiger partial charge is 0.495 e. The third-order valence-corrected chi connectivity index (χ3v) is 7.55. The summed E-state index contributed by atoms with van der Waals surface area (Å²) in [6, 6.07) is 8.70. The van der Waals surface area contributed by atoms with Crippen molar-refractivity contribution in [2.75, 3.05) is 12.4 Å². The van der Waals surface area contributed by atoms with Crippen LogP contribution in [0, 0.1) is 17.8 Å². The number of aliphatic imine (C=N–C) groups is 1. The van der Waals surface area contributed by atoms with Crippen molar-refractivity contribution in [3.05, 3.63) is 59.2 Å². The van der Waals surface area contributed by atoms with Gasteiger partial charge in [0.25, 0.3) is 5.91 Å². The topological polar surface area (TPSA) is 106 Å². The minimum absolute atomic E-state index is 0.0207. The molecule has 2 aromatic carbocycles. The summed E-state index contributed by atoms with van der Waals surface area (Å²) in [5, 5.41) is 4.95. The number of carbonyl (C=O) groups is 3. The van der Waals surface area contributed by atoms with E-state index in [1.165, 1.54) is 31.4 Å². The lowest BCUT2D eigenvalue weighted by molar-refractivity contribution is -0.167. The van der Waals surface area contributed by atoms with Gasteiger partial charge in [0.2, 0.25) is 12.1 Å². The van der Waals surface area contributed by atoms with Crippen molar-refractivity contribution in [1.29, 1.82) is 0 Å². The second-order valence-electron chi connectivity index (χ2n) is 12.4. The van der Waals surface area contributed by atoms with E-state index in [0.29, 0.717) is 0 Å². The van der Waals surface area contributed by atoms with E-state index in [1.54, 1.807) is 20.8 Å². The number of nitrogens with zero attached hydrogens (tertiary/aromatic N) is 1. The molecule has 2 amide bonds. The number of nitrogens with one attached hydrogen (secondary N) is 2. The molecule has 0 saturated heterocycles. The molecule has 1 saturated carbocycles. The molecule has 1 heterocycles. The maximum Gasteiger partial charge on any atom is 0.416 e. The Morgan fingerprint density at radius 3 is 2.28 bits per heavy atom. The fourth-order valence-corrected chi connectivity index (χ4v) is 5.24. The second kappa shape index (κ2) is 13.3. The quantitative estimate of drug-likeness (QED) is 0.220. The van der Waals surface area contributed by atoms with Gasteiger partial charge in [-0.25, -0.2) is 4.99 Å². The van der Waals surface area contributed by atoms with Crippen LogP contribution in [0.25, 0.3) is 0 Å². The first-order valence-corrected chi connectivity index (χ1v) is 14.7. The number of hydrogen-bond donors (Lipinski definition) is 2. The molecule has 2 aliphatic rings. The fraction of sp³-hybridized carbons (Fsp3) is 0.500. The Kier molecular flexibility index (Phi) is 10.1. The first-order chi connectivity index (χ1) is 21.4. The number of anilines is 1.